The van der Waals surface area contributed by atoms with Crippen molar-refractivity contribution in [3.63, 3.8) is 0 Å². The SMILES string of the molecule is CC1C(C2CO2)OC2OCOC21. The van der Waals surface area contributed by atoms with Gasteiger partial charge >= 0.3 is 0 Å². The van der Waals surface area contributed by atoms with Crippen LogP contribution in [-0.4, -0.2) is 38.0 Å². The molecule has 0 saturated carbocycles. The van der Waals surface area contributed by atoms with Crippen molar-refractivity contribution in [2.24, 2.45) is 5.92 Å². The molecule has 0 aromatic heterocycles. The average Bonchev–Trinajstić information content (AvgIpc) is 2.71. The summed E-state index contributed by atoms with van der Waals surface area (Å²) in [6.07, 6.45) is 0.450. The van der Waals surface area contributed by atoms with Gasteiger partial charge in [-0.15, -0.1) is 0 Å². The van der Waals surface area contributed by atoms with E-state index >= 15 is 0 Å². The maximum atomic E-state index is 5.65. The Labute approximate surface area is 70.7 Å². The lowest BCUT2D eigenvalue weighted by molar-refractivity contribution is -0.124. The van der Waals surface area contributed by atoms with Crippen LogP contribution in [0.1, 0.15) is 6.92 Å². The van der Waals surface area contributed by atoms with Crippen LogP contribution >= 0.6 is 0 Å². The van der Waals surface area contributed by atoms with Crippen LogP contribution in [0, 0.1) is 5.92 Å². The van der Waals surface area contributed by atoms with E-state index in [1.165, 1.54) is 0 Å². The van der Waals surface area contributed by atoms with E-state index in [9.17, 15) is 0 Å². The number of fused-ring (bicyclic) bond motifs is 1. The van der Waals surface area contributed by atoms with Gasteiger partial charge in [-0.25, -0.2) is 0 Å². The Morgan fingerprint density at radius 1 is 1.08 bits per heavy atom. The minimum Gasteiger partial charge on any atom is -0.370 e. The summed E-state index contributed by atoms with van der Waals surface area (Å²) < 4.78 is 21.5. The fourth-order valence-electron chi connectivity index (χ4n) is 2.01. The maximum Gasteiger partial charge on any atom is 0.187 e. The lowest BCUT2D eigenvalue weighted by atomic mass is 9.99. The molecule has 3 aliphatic rings. The maximum absolute atomic E-state index is 5.65. The molecule has 68 valence electrons. The van der Waals surface area contributed by atoms with Gasteiger partial charge in [0.2, 0.25) is 0 Å². The Balaban J connectivity index is 1.75. The van der Waals surface area contributed by atoms with Gasteiger partial charge in [0, 0.05) is 5.92 Å². The monoisotopic (exact) mass is 172 g/mol. The molecule has 0 N–H and O–H groups in total. The molecule has 0 aliphatic carbocycles. The van der Waals surface area contributed by atoms with E-state index in [2.05, 4.69) is 6.92 Å². The van der Waals surface area contributed by atoms with Crippen molar-refractivity contribution in [3.8, 4) is 0 Å². The summed E-state index contributed by atoms with van der Waals surface area (Å²) in [6.45, 7) is 3.33. The molecule has 0 radical (unpaired) electrons. The minimum atomic E-state index is -0.144. The van der Waals surface area contributed by atoms with Gasteiger partial charge in [0.1, 0.15) is 12.2 Å². The molecule has 0 aromatic carbocycles. The summed E-state index contributed by atoms with van der Waals surface area (Å²) in [7, 11) is 0. The van der Waals surface area contributed by atoms with Crippen LogP contribution in [0.2, 0.25) is 0 Å². The van der Waals surface area contributed by atoms with Crippen molar-refractivity contribution in [3.05, 3.63) is 0 Å². The first kappa shape index (κ1) is 7.26. The number of ether oxygens (including phenoxy) is 4. The summed E-state index contributed by atoms with van der Waals surface area (Å²) in [5.74, 6) is 0.394. The molecule has 3 saturated heterocycles. The second-order valence-corrected chi connectivity index (χ2v) is 3.62. The second-order valence-electron chi connectivity index (χ2n) is 3.62. The van der Waals surface area contributed by atoms with E-state index in [-0.39, 0.29) is 24.6 Å². The van der Waals surface area contributed by atoms with Gasteiger partial charge in [0.05, 0.1) is 12.7 Å². The lowest BCUT2D eigenvalue weighted by Gasteiger charge is -2.13. The first-order valence-corrected chi connectivity index (χ1v) is 4.36. The summed E-state index contributed by atoms with van der Waals surface area (Å²) in [4.78, 5) is 0. The highest BCUT2D eigenvalue weighted by atomic mass is 16.8. The Kier molecular flexibility index (Phi) is 1.46. The number of epoxide rings is 1. The minimum absolute atomic E-state index is 0.124. The molecule has 0 aromatic rings. The van der Waals surface area contributed by atoms with E-state index < -0.39 is 0 Å². The van der Waals surface area contributed by atoms with Crippen molar-refractivity contribution < 1.29 is 18.9 Å². The predicted molar refractivity (Wildman–Crippen MR) is 38.4 cm³/mol. The molecule has 4 heteroatoms. The second kappa shape index (κ2) is 2.42. The summed E-state index contributed by atoms with van der Waals surface area (Å²) in [5, 5.41) is 0. The molecule has 3 fully saturated rings. The van der Waals surface area contributed by atoms with Crippen molar-refractivity contribution >= 4 is 0 Å². The highest BCUT2D eigenvalue weighted by Gasteiger charge is 2.52. The van der Waals surface area contributed by atoms with E-state index in [1.807, 2.05) is 0 Å². The normalized spacial score (nSPS) is 57.2. The highest BCUT2D eigenvalue weighted by molar-refractivity contribution is 4.94. The van der Waals surface area contributed by atoms with Crippen LogP contribution in [-0.2, 0) is 18.9 Å². The predicted octanol–water partition coefficient (Wildman–Crippen LogP) is 0.119. The van der Waals surface area contributed by atoms with Gasteiger partial charge in [0.25, 0.3) is 0 Å². The molecule has 3 aliphatic heterocycles. The molecule has 12 heavy (non-hydrogen) atoms. The average molecular weight is 172 g/mol. The lowest BCUT2D eigenvalue weighted by Crippen LogP contribution is -2.26. The fourth-order valence-corrected chi connectivity index (χ4v) is 2.01. The van der Waals surface area contributed by atoms with Gasteiger partial charge < -0.3 is 18.9 Å². The standard InChI is InChI=1S/C8H12O4/c1-4-6(5-2-9-5)12-8-7(4)10-3-11-8/h4-8H,2-3H2,1H3. The molecule has 5 atom stereocenters. The molecule has 0 bridgehead atoms. The van der Waals surface area contributed by atoms with Crippen molar-refractivity contribution in [2.75, 3.05) is 13.4 Å². The number of hydrogen-bond acceptors (Lipinski definition) is 4. The number of hydrogen-bond donors (Lipinski definition) is 0. The van der Waals surface area contributed by atoms with Crippen molar-refractivity contribution in [1.82, 2.24) is 0 Å². The van der Waals surface area contributed by atoms with Crippen LogP contribution in [0.15, 0.2) is 0 Å². The Hall–Kier alpha value is -0.160. The first-order chi connectivity index (χ1) is 5.86. The van der Waals surface area contributed by atoms with Crippen LogP contribution in [0.3, 0.4) is 0 Å². The quantitative estimate of drug-likeness (QED) is 0.527. The third kappa shape index (κ3) is 0.925. The highest BCUT2D eigenvalue weighted by Crippen LogP contribution is 2.38. The first-order valence-electron chi connectivity index (χ1n) is 4.36. The zero-order valence-electron chi connectivity index (χ0n) is 6.93. The zero-order valence-corrected chi connectivity index (χ0v) is 6.93. The van der Waals surface area contributed by atoms with Crippen LogP contribution in [0.5, 0.6) is 0 Å². The van der Waals surface area contributed by atoms with Crippen LogP contribution < -0.4 is 0 Å². The van der Waals surface area contributed by atoms with Gasteiger partial charge in [-0.2, -0.15) is 0 Å². The van der Waals surface area contributed by atoms with Crippen LogP contribution in [0.4, 0.5) is 0 Å². The fraction of sp³-hybridized carbons (Fsp3) is 1.00. The van der Waals surface area contributed by atoms with E-state index in [4.69, 9.17) is 18.9 Å². The van der Waals surface area contributed by atoms with Gasteiger partial charge in [-0.1, -0.05) is 6.92 Å². The van der Waals surface area contributed by atoms with Crippen LogP contribution in [0.25, 0.3) is 0 Å². The van der Waals surface area contributed by atoms with Crippen molar-refractivity contribution in [1.29, 1.82) is 0 Å². The molecule has 0 amide bonds. The Bertz CT molecular complexity index is 191. The summed E-state index contributed by atoms with van der Waals surface area (Å²) in [6, 6.07) is 0. The molecular weight excluding hydrogens is 160 g/mol. The van der Waals surface area contributed by atoms with E-state index in [0.29, 0.717) is 12.7 Å². The third-order valence-corrected chi connectivity index (χ3v) is 2.81. The molecular formula is C8H12O4. The molecule has 0 spiro atoms. The van der Waals surface area contributed by atoms with Crippen molar-refractivity contribution in [2.45, 2.75) is 31.5 Å². The molecule has 3 heterocycles. The third-order valence-electron chi connectivity index (χ3n) is 2.81. The van der Waals surface area contributed by atoms with Gasteiger partial charge in [0.15, 0.2) is 13.1 Å². The van der Waals surface area contributed by atoms with E-state index in [1.54, 1.807) is 0 Å². The topological polar surface area (TPSA) is 40.2 Å². The largest absolute Gasteiger partial charge is 0.370 e. The smallest absolute Gasteiger partial charge is 0.187 e. The Morgan fingerprint density at radius 2 is 1.92 bits per heavy atom. The van der Waals surface area contributed by atoms with E-state index in [0.717, 1.165) is 6.61 Å². The summed E-state index contributed by atoms with van der Waals surface area (Å²) in [5.41, 5.74) is 0. The van der Waals surface area contributed by atoms with Gasteiger partial charge in [-0.3, -0.25) is 0 Å². The molecule has 3 rings (SSSR count). The molecule has 5 unspecified atom stereocenters. The van der Waals surface area contributed by atoms with Gasteiger partial charge in [-0.05, 0) is 0 Å². The molecule has 4 nitrogen and oxygen atoms in total. The Morgan fingerprint density at radius 3 is 2.58 bits per heavy atom. The number of rotatable bonds is 1. The summed E-state index contributed by atoms with van der Waals surface area (Å²) >= 11 is 0. The zero-order chi connectivity index (χ0) is 8.13.